The van der Waals surface area contributed by atoms with E-state index < -0.39 is 11.6 Å². The maximum Gasteiger partial charge on any atom is 0.410 e. The molecule has 1 amide bonds. The third-order valence-electron chi connectivity index (χ3n) is 4.80. The Morgan fingerprint density at radius 1 is 1.23 bits per heavy atom. The summed E-state index contributed by atoms with van der Waals surface area (Å²) in [5.41, 5.74) is -0.724. The fourth-order valence-electron chi connectivity index (χ4n) is 3.57. The van der Waals surface area contributed by atoms with Crippen LogP contribution in [0.4, 0.5) is 4.79 Å². The number of nitrogens with zero attached hydrogens (tertiary/aromatic N) is 1. The van der Waals surface area contributed by atoms with Crippen LogP contribution in [0.2, 0.25) is 0 Å². The second kappa shape index (κ2) is 5.43. The largest absolute Gasteiger partial charge is 0.481 e. The minimum absolute atomic E-state index is 0.00789. The first-order valence-electron chi connectivity index (χ1n) is 8.16. The van der Waals surface area contributed by atoms with E-state index in [9.17, 15) is 14.7 Å². The lowest BCUT2D eigenvalue weighted by molar-refractivity contribution is -0.139. The minimum Gasteiger partial charge on any atom is -0.481 e. The molecule has 5 heteroatoms. The smallest absolute Gasteiger partial charge is 0.410 e. The molecule has 1 saturated carbocycles. The van der Waals surface area contributed by atoms with Crippen molar-refractivity contribution in [3.8, 4) is 0 Å². The Labute approximate surface area is 133 Å². The molecule has 1 aliphatic heterocycles. The van der Waals surface area contributed by atoms with Gasteiger partial charge in [-0.05, 0) is 51.9 Å². The second-order valence-corrected chi connectivity index (χ2v) is 8.76. The zero-order chi connectivity index (χ0) is 16.8. The van der Waals surface area contributed by atoms with Crippen LogP contribution in [0.15, 0.2) is 0 Å². The van der Waals surface area contributed by atoms with Gasteiger partial charge in [-0.1, -0.05) is 13.8 Å². The zero-order valence-electron chi connectivity index (χ0n) is 14.4. The highest BCUT2D eigenvalue weighted by Crippen LogP contribution is 2.56. The van der Waals surface area contributed by atoms with Crippen LogP contribution in [0.5, 0.6) is 0 Å². The van der Waals surface area contributed by atoms with E-state index in [0.717, 1.165) is 25.7 Å². The summed E-state index contributed by atoms with van der Waals surface area (Å²) in [6.07, 6.45) is 3.50. The summed E-state index contributed by atoms with van der Waals surface area (Å²) in [6.45, 7) is 10.5. The average Bonchev–Trinajstić information content (AvgIpc) is 3.05. The van der Waals surface area contributed by atoms with Gasteiger partial charge in [0.2, 0.25) is 0 Å². The van der Waals surface area contributed by atoms with Crippen molar-refractivity contribution in [3.05, 3.63) is 0 Å². The number of likely N-dealkylation sites (tertiary alicyclic amines) is 1. The van der Waals surface area contributed by atoms with Crippen LogP contribution in [0, 0.1) is 10.8 Å². The van der Waals surface area contributed by atoms with Gasteiger partial charge in [-0.3, -0.25) is 4.79 Å². The number of rotatable bonds is 3. The van der Waals surface area contributed by atoms with Gasteiger partial charge in [0.25, 0.3) is 0 Å². The van der Waals surface area contributed by atoms with Gasteiger partial charge in [0.15, 0.2) is 0 Å². The number of hydrogen-bond donors (Lipinski definition) is 1. The summed E-state index contributed by atoms with van der Waals surface area (Å²) in [5.74, 6) is -0.772. The van der Waals surface area contributed by atoms with Gasteiger partial charge in [-0.2, -0.15) is 0 Å². The van der Waals surface area contributed by atoms with Crippen molar-refractivity contribution in [1.82, 2.24) is 4.90 Å². The highest BCUT2D eigenvalue weighted by atomic mass is 16.6. The van der Waals surface area contributed by atoms with Crippen molar-refractivity contribution in [3.63, 3.8) is 0 Å². The molecule has 0 radical (unpaired) electrons. The van der Waals surface area contributed by atoms with Gasteiger partial charge in [0.05, 0.1) is 6.42 Å². The molecule has 1 N–H and O–H groups in total. The third kappa shape index (κ3) is 3.93. The minimum atomic E-state index is -0.772. The van der Waals surface area contributed by atoms with Crippen molar-refractivity contribution in [2.75, 3.05) is 6.54 Å². The van der Waals surface area contributed by atoms with Crippen LogP contribution in [0.3, 0.4) is 0 Å². The first-order chi connectivity index (χ1) is 9.94. The van der Waals surface area contributed by atoms with Crippen LogP contribution in [0.1, 0.15) is 66.7 Å². The topological polar surface area (TPSA) is 66.8 Å². The van der Waals surface area contributed by atoms with Crippen molar-refractivity contribution >= 4 is 12.1 Å². The van der Waals surface area contributed by atoms with Crippen LogP contribution in [0.25, 0.3) is 0 Å². The quantitative estimate of drug-likeness (QED) is 0.863. The number of carboxylic acids is 1. The summed E-state index contributed by atoms with van der Waals surface area (Å²) in [7, 11) is 0. The molecule has 5 nitrogen and oxygen atoms in total. The molecule has 1 aliphatic carbocycles. The Bertz CT molecular complexity index is 460. The molecule has 0 aromatic carbocycles. The molecule has 2 fully saturated rings. The van der Waals surface area contributed by atoms with Crippen LogP contribution in [-0.2, 0) is 9.53 Å². The molecule has 126 valence electrons. The van der Waals surface area contributed by atoms with E-state index in [1.54, 1.807) is 0 Å². The van der Waals surface area contributed by atoms with E-state index in [0.29, 0.717) is 6.54 Å². The van der Waals surface area contributed by atoms with Gasteiger partial charge in [-0.15, -0.1) is 0 Å². The Balaban J connectivity index is 2.20. The maximum absolute atomic E-state index is 12.6. The molecule has 22 heavy (non-hydrogen) atoms. The lowest BCUT2D eigenvalue weighted by Crippen LogP contribution is -2.54. The highest BCUT2D eigenvalue weighted by Gasteiger charge is 2.56. The van der Waals surface area contributed by atoms with Crippen LogP contribution < -0.4 is 0 Å². The monoisotopic (exact) mass is 311 g/mol. The summed E-state index contributed by atoms with van der Waals surface area (Å²) >= 11 is 0. The summed E-state index contributed by atoms with van der Waals surface area (Å²) in [5, 5.41) is 9.20. The molecule has 0 bridgehead atoms. The number of amides is 1. The summed E-state index contributed by atoms with van der Waals surface area (Å²) < 4.78 is 5.57. The molecular formula is C17H29NO4. The van der Waals surface area contributed by atoms with Crippen LogP contribution in [-0.4, -0.2) is 40.3 Å². The van der Waals surface area contributed by atoms with Gasteiger partial charge >= 0.3 is 12.1 Å². The molecule has 1 atom stereocenters. The third-order valence-corrected chi connectivity index (χ3v) is 4.80. The normalized spacial score (nSPS) is 26.4. The van der Waals surface area contributed by atoms with Crippen molar-refractivity contribution in [2.24, 2.45) is 10.8 Å². The fourth-order valence-corrected chi connectivity index (χ4v) is 3.57. The zero-order valence-corrected chi connectivity index (χ0v) is 14.4. The van der Waals surface area contributed by atoms with E-state index in [2.05, 4.69) is 13.8 Å². The number of carbonyl (C=O) groups excluding carboxylic acids is 1. The molecule has 0 aromatic rings. The average molecular weight is 311 g/mol. The molecule has 1 heterocycles. The first-order valence-corrected chi connectivity index (χ1v) is 8.16. The number of carboxylic acid groups (broad SMARTS) is 1. The second-order valence-electron chi connectivity index (χ2n) is 8.76. The molecule has 0 aromatic heterocycles. The van der Waals surface area contributed by atoms with Crippen molar-refractivity contribution < 1.29 is 19.4 Å². The number of piperidine rings is 1. The Hall–Kier alpha value is -1.26. The van der Waals surface area contributed by atoms with Gasteiger partial charge in [0, 0.05) is 18.0 Å². The van der Waals surface area contributed by atoms with Crippen LogP contribution >= 0.6 is 0 Å². The van der Waals surface area contributed by atoms with E-state index in [1.165, 1.54) is 0 Å². The number of ether oxygens (including phenoxy) is 1. The molecular weight excluding hydrogens is 282 g/mol. The standard InChI is InChI=1S/C17H29NO4/c1-15(2,3)22-14(21)18-11-16(4,5)7-6-12(18)17(8-9-17)10-13(19)20/h12H,6-11H2,1-5H3,(H,19,20). The van der Waals surface area contributed by atoms with E-state index in [1.807, 2.05) is 25.7 Å². The number of hydrogen-bond acceptors (Lipinski definition) is 3. The van der Waals surface area contributed by atoms with Gasteiger partial charge < -0.3 is 14.7 Å². The lowest BCUT2D eigenvalue weighted by Gasteiger charge is -2.46. The summed E-state index contributed by atoms with van der Waals surface area (Å²) in [6, 6.07) is -0.00789. The Morgan fingerprint density at radius 2 is 1.82 bits per heavy atom. The predicted octanol–water partition coefficient (Wildman–Crippen LogP) is 3.67. The SMILES string of the molecule is CC1(C)CCC(C2(CC(=O)O)CC2)N(C(=O)OC(C)(C)C)C1. The Kier molecular flexibility index (Phi) is 4.22. The maximum atomic E-state index is 12.6. The van der Waals surface area contributed by atoms with Gasteiger partial charge in [0.1, 0.15) is 5.60 Å². The molecule has 1 unspecified atom stereocenters. The number of carbonyl (C=O) groups is 2. The molecule has 1 saturated heterocycles. The first kappa shape index (κ1) is 17.1. The highest BCUT2D eigenvalue weighted by molar-refractivity contribution is 5.71. The predicted molar refractivity (Wildman–Crippen MR) is 83.7 cm³/mol. The molecule has 0 spiro atoms. The fraction of sp³-hybridized carbons (Fsp3) is 0.882. The summed E-state index contributed by atoms with van der Waals surface area (Å²) in [4.78, 5) is 25.6. The van der Waals surface area contributed by atoms with E-state index in [4.69, 9.17) is 4.74 Å². The Morgan fingerprint density at radius 3 is 2.27 bits per heavy atom. The lowest BCUT2D eigenvalue weighted by atomic mass is 9.76. The van der Waals surface area contributed by atoms with E-state index in [-0.39, 0.29) is 29.4 Å². The molecule has 2 rings (SSSR count). The number of aliphatic carboxylic acids is 1. The molecule has 2 aliphatic rings. The van der Waals surface area contributed by atoms with Crippen molar-refractivity contribution in [1.29, 1.82) is 0 Å². The van der Waals surface area contributed by atoms with Gasteiger partial charge in [-0.25, -0.2) is 4.79 Å². The van der Waals surface area contributed by atoms with E-state index >= 15 is 0 Å². The van der Waals surface area contributed by atoms with Crippen molar-refractivity contribution in [2.45, 2.75) is 78.4 Å².